The van der Waals surface area contributed by atoms with Gasteiger partial charge in [0.05, 0.1) is 11.3 Å². The Morgan fingerprint density at radius 1 is 0.541 bits per heavy atom. The van der Waals surface area contributed by atoms with Crippen molar-refractivity contribution in [2.24, 2.45) is 0 Å². The maximum absolute atomic E-state index is 5.97. The maximum Gasteiger partial charge on any atom is 0.524 e. The highest BCUT2D eigenvalue weighted by atomic mass is 28.4. The zero-order valence-electron chi connectivity index (χ0n) is 23.9. The van der Waals surface area contributed by atoms with E-state index < -0.39 is 17.6 Å². The van der Waals surface area contributed by atoms with Crippen LogP contribution in [0.2, 0.25) is 0 Å². The first-order valence-electron chi connectivity index (χ1n) is 13.1. The van der Waals surface area contributed by atoms with Gasteiger partial charge < -0.3 is 37.2 Å². The minimum Gasteiger partial charge on any atom is -0.378 e. The summed E-state index contributed by atoms with van der Waals surface area (Å²) >= 11 is 0. The number of nitrogens with one attached hydrogen (secondary N) is 2. The molecular formula is C27H48N2O6Si2. The van der Waals surface area contributed by atoms with E-state index in [1.54, 1.807) is 21.3 Å². The smallest absolute Gasteiger partial charge is 0.378 e. The first-order chi connectivity index (χ1) is 17.9. The van der Waals surface area contributed by atoms with Crippen LogP contribution in [0.15, 0.2) is 60.7 Å². The van der Waals surface area contributed by atoms with Crippen molar-refractivity contribution in [3.05, 3.63) is 60.7 Å². The standard InChI is InChI=1S/C15H27NO3Si.C12H21NO3Si/c1-5-15(16-14-12-10-9-11-13-14)20(17-6-2,18-7-3)19-8-4;1-5-12(17(14-2,15-3)16-4)13-11-9-7-6-8-10-11/h9-13,15-16H,5-8H2,1-4H3;6-10,12-13H,5H2,1-4H3. The molecule has 0 heterocycles. The van der Waals surface area contributed by atoms with Crippen molar-refractivity contribution in [3.8, 4) is 0 Å². The van der Waals surface area contributed by atoms with Crippen LogP contribution in [0.4, 0.5) is 11.4 Å². The summed E-state index contributed by atoms with van der Waals surface area (Å²) in [5, 5.41) is 6.92. The summed E-state index contributed by atoms with van der Waals surface area (Å²) in [4.78, 5) is 0. The van der Waals surface area contributed by atoms with Crippen LogP contribution in [0.5, 0.6) is 0 Å². The van der Waals surface area contributed by atoms with Gasteiger partial charge in [0, 0.05) is 52.5 Å². The van der Waals surface area contributed by atoms with Gasteiger partial charge in [-0.15, -0.1) is 0 Å². The van der Waals surface area contributed by atoms with Crippen LogP contribution >= 0.6 is 0 Å². The summed E-state index contributed by atoms with van der Waals surface area (Å²) < 4.78 is 34.4. The SMILES string of the molecule is CCC(Nc1ccccc1)[Si](OC)(OC)OC.CCO[Si](OCC)(OCC)C(CC)Nc1ccccc1. The van der Waals surface area contributed by atoms with E-state index >= 15 is 0 Å². The molecule has 0 amide bonds. The minimum absolute atomic E-state index is 0.0462. The van der Waals surface area contributed by atoms with Crippen molar-refractivity contribution in [2.75, 3.05) is 51.8 Å². The molecule has 0 aliphatic carbocycles. The number of hydrogen-bond donors (Lipinski definition) is 2. The van der Waals surface area contributed by atoms with Gasteiger partial charge in [0.2, 0.25) is 0 Å². The molecule has 0 radical (unpaired) electrons. The Kier molecular flexibility index (Phi) is 16.6. The number of hydrogen-bond acceptors (Lipinski definition) is 8. The monoisotopic (exact) mass is 552 g/mol. The summed E-state index contributed by atoms with van der Waals surface area (Å²) in [5.41, 5.74) is 2.22. The first-order valence-corrected chi connectivity index (χ1v) is 16.7. The van der Waals surface area contributed by atoms with E-state index in [-0.39, 0.29) is 11.3 Å². The molecule has 0 aliphatic heterocycles. The van der Waals surface area contributed by atoms with Crippen molar-refractivity contribution in [2.45, 2.75) is 58.8 Å². The summed E-state index contributed by atoms with van der Waals surface area (Å²) in [6, 6.07) is 20.1. The van der Waals surface area contributed by atoms with Crippen molar-refractivity contribution in [3.63, 3.8) is 0 Å². The second-order valence-electron chi connectivity index (χ2n) is 8.06. The molecule has 2 N–H and O–H groups in total. The highest BCUT2D eigenvalue weighted by Crippen LogP contribution is 2.22. The lowest BCUT2D eigenvalue weighted by Crippen LogP contribution is -2.59. The number of rotatable bonds is 17. The van der Waals surface area contributed by atoms with Crippen molar-refractivity contribution in [1.82, 2.24) is 0 Å². The van der Waals surface area contributed by atoms with Crippen LogP contribution in [0.1, 0.15) is 47.5 Å². The second kappa shape index (κ2) is 18.5. The summed E-state index contributed by atoms with van der Waals surface area (Å²) in [7, 11) is -0.459. The number of benzene rings is 2. The highest BCUT2D eigenvalue weighted by Gasteiger charge is 2.49. The van der Waals surface area contributed by atoms with Gasteiger partial charge in [-0.2, -0.15) is 0 Å². The van der Waals surface area contributed by atoms with Crippen LogP contribution in [0.3, 0.4) is 0 Å². The third-order valence-corrected chi connectivity index (χ3v) is 12.4. The fourth-order valence-electron chi connectivity index (χ4n) is 4.06. The lowest BCUT2D eigenvalue weighted by molar-refractivity contribution is 0.0639. The molecule has 8 nitrogen and oxygen atoms in total. The van der Waals surface area contributed by atoms with Gasteiger partial charge >= 0.3 is 17.6 Å². The average Bonchev–Trinajstić information content (AvgIpc) is 2.94. The third-order valence-electron chi connectivity index (χ3n) is 5.79. The van der Waals surface area contributed by atoms with Crippen LogP contribution in [-0.4, -0.2) is 70.1 Å². The Morgan fingerprint density at radius 3 is 1.14 bits per heavy atom. The molecule has 2 rings (SSSR count). The molecule has 2 unspecified atom stereocenters. The molecule has 2 atom stereocenters. The molecule has 2 aromatic rings. The van der Waals surface area contributed by atoms with Crippen LogP contribution in [-0.2, 0) is 26.6 Å². The normalized spacial score (nSPS) is 13.3. The van der Waals surface area contributed by atoms with Crippen molar-refractivity contribution in [1.29, 1.82) is 0 Å². The van der Waals surface area contributed by atoms with E-state index in [4.69, 9.17) is 26.6 Å². The average molecular weight is 553 g/mol. The number of anilines is 2. The number of para-hydroxylation sites is 2. The lowest BCUT2D eigenvalue weighted by atomic mass is 10.3. The molecule has 0 bridgehead atoms. The highest BCUT2D eigenvalue weighted by molar-refractivity contribution is 6.63. The summed E-state index contributed by atoms with van der Waals surface area (Å²) in [6.45, 7) is 11.9. The Bertz CT molecular complexity index is 790. The second-order valence-corrected chi connectivity index (χ2v) is 14.0. The molecule has 0 fully saturated rings. The fourth-order valence-corrected chi connectivity index (χ4v) is 9.16. The van der Waals surface area contributed by atoms with Gasteiger partial charge in [0.15, 0.2) is 0 Å². The molecule has 10 heteroatoms. The van der Waals surface area contributed by atoms with E-state index in [2.05, 4.69) is 24.5 Å². The van der Waals surface area contributed by atoms with Gasteiger partial charge in [0.25, 0.3) is 0 Å². The molecule has 0 aromatic heterocycles. The molecule has 0 aliphatic rings. The van der Waals surface area contributed by atoms with Gasteiger partial charge in [-0.1, -0.05) is 50.2 Å². The van der Waals surface area contributed by atoms with Gasteiger partial charge in [-0.05, 0) is 57.9 Å². The molecule has 2 aromatic carbocycles. The zero-order valence-corrected chi connectivity index (χ0v) is 25.9. The van der Waals surface area contributed by atoms with E-state index in [0.29, 0.717) is 19.8 Å². The lowest BCUT2D eigenvalue weighted by Gasteiger charge is -2.35. The zero-order chi connectivity index (χ0) is 27.6. The van der Waals surface area contributed by atoms with Crippen LogP contribution in [0, 0.1) is 0 Å². The van der Waals surface area contributed by atoms with Gasteiger partial charge in [0.1, 0.15) is 0 Å². The molecule has 0 spiro atoms. The van der Waals surface area contributed by atoms with E-state index in [0.717, 1.165) is 24.2 Å². The Morgan fingerprint density at radius 2 is 0.865 bits per heavy atom. The Labute approximate surface area is 226 Å². The van der Waals surface area contributed by atoms with Crippen LogP contribution < -0.4 is 10.6 Å². The first kappa shape index (κ1) is 33.3. The molecule has 0 saturated carbocycles. The van der Waals surface area contributed by atoms with Crippen molar-refractivity contribution < 1.29 is 26.6 Å². The van der Waals surface area contributed by atoms with Gasteiger partial charge in [-0.25, -0.2) is 0 Å². The molecular weight excluding hydrogens is 504 g/mol. The largest absolute Gasteiger partial charge is 0.524 e. The molecule has 210 valence electrons. The predicted molar refractivity (Wildman–Crippen MR) is 156 cm³/mol. The maximum atomic E-state index is 5.97. The van der Waals surface area contributed by atoms with E-state index in [1.165, 1.54) is 0 Å². The van der Waals surface area contributed by atoms with Gasteiger partial charge in [-0.3, -0.25) is 0 Å². The predicted octanol–water partition coefficient (Wildman–Crippen LogP) is 5.76. The Balaban J connectivity index is 0.000000375. The van der Waals surface area contributed by atoms with E-state index in [1.807, 2.05) is 81.4 Å². The topological polar surface area (TPSA) is 79.4 Å². The molecule has 0 saturated heterocycles. The van der Waals surface area contributed by atoms with E-state index in [9.17, 15) is 0 Å². The quantitative estimate of drug-likeness (QED) is 0.240. The minimum atomic E-state index is -2.72. The van der Waals surface area contributed by atoms with Crippen LogP contribution in [0.25, 0.3) is 0 Å². The third kappa shape index (κ3) is 10.1. The summed E-state index contributed by atoms with van der Waals surface area (Å²) in [5.74, 6) is 0. The van der Waals surface area contributed by atoms with Crippen molar-refractivity contribution >= 4 is 29.0 Å². The summed E-state index contributed by atoms with van der Waals surface area (Å²) in [6.07, 6.45) is 1.76. The molecule has 37 heavy (non-hydrogen) atoms. The Hall–Kier alpha value is -1.77. The fraction of sp³-hybridized carbons (Fsp3) is 0.556.